The van der Waals surface area contributed by atoms with Crippen molar-refractivity contribution in [3.8, 4) is 0 Å². The van der Waals surface area contributed by atoms with Crippen LogP contribution in [0.2, 0.25) is 5.02 Å². The number of nitrogens with two attached hydrogens (primary N) is 1. The molecule has 2 N–H and O–H groups in total. The van der Waals surface area contributed by atoms with E-state index in [1.165, 1.54) is 0 Å². The maximum absolute atomic E-state index is 13.2. The zero-order chi connectivity index (χ0) is 19.3. The highest BCUT2D eigenvalue weighted by Gasteiger charge is 2.46. The molecule has 5 rings (SSSR count). The number of piperidine rings is 1. The first kappa shape index (κ1) is 17.8. The minimum Gasteiger partial charge on any atom is -0.397 e. The lowest BCUT2D eigenvalue weighted by molar-refractivity contribution is -0.120. The van der Waals surface area contributed by atoms with Crippen LogP contribution in [0.1, 0.15) is 38.5 Å². The Bertz CT molecular complexity index is 851. The Morgan fingerprint density at radius 1 is 1.04 bits per heavy atom. The lowest BCUT2D eigenvalue weighted by Crippen LogP contribution is -2.53. The quantitative estimate of drug-likeness (QED) is 0.838. The van der Waals surface area contributed by atoms with Gasteiger partial charge in [-0.15, -0.1) is 0 Å². The molecule has 1 amide bonds. The van der Waals surface area contributed by atoms with Gasteiger partial charge in [-0.3, -0.25) is 4.79 Å². The first-order valence-corrected chi connectivity index (χ1v) is 10.6. The first-order valence-electron chi connectivity index (χ1n) is 10.2. The Morgan fingerprint density at radius 3 is 2.29 bits per heavy atom. The van der Waals surface area contributed by atoms with Gasteiger partial charge in [-0.25, -0.2) is 4.98 Å². The molecule has 2 aromatic rings. The van der Waals surface area contributed by atoms with E-state index in [4.69, 9.17) is 17.3 Å². The summed E-state index contributed by atoms with van der Waals surface area (Å²) in [6, 6.07) is 12.7. The van der Waals surface area contributed by atoms with Crippen molar-refractivity contribution in [2.75, 3.05) is 15.5 Å². The molecule has 146 valence electrons. The predicted octanol–water partition coefficient (Wildman–Crippen LogP) is 4.26. The average molecular weight is 397 g/mol. The maximum atomic E-state index is 13.2. The predicted molar refractivity (Wildman–Crippen MR) is 113 cm³/mol. The van der Waals surface area contributed by atoms with E-state index in [-0.39, 0.29) is 17.9 Å². The summed E-state index contributed by atoms with van der Waals surface area (Å²) in [7, 11) is 0. The zero-order valence-corrected chi connectivity index (χ0v) is 16.6. The van der Waals surface area contributed by atoms with Gasteiger partial charge in [0.05, 0.1) is 11.9 Å². The van der Waals surface area contributed by atoms with Gasteiger partial charge in [-0.2, -0.15) is 0 Å². The number of halogens is 1. The van der Waals surface area contributed by atoms with Gasteiger partial charge in [0.25, 0.3) is 0 Å². The molecule has 6 heteroatoms. The summed E-state index contributed by atoms with van der Waals surface area (Å²) in [6.45, 7) is 0. The first-order chi connectivity index (χ1) is 13.6. The number of amides is 1. The summed E-state index contributed by atoms with van der Waals surface area (Å²) in [6.07, 6.45) is 8.03. The third kappa shape index (κ3) is 3.22. The van der Waals surface area contributed by atoms with Crippen molar-refractivity contribution >= 4 is 34.7 Å². The molecule has 2 bridgehead atoms. The molecule has 2 unspecified atom stereocenters. The third-order valence-corrected chi connectivity index (χ3v) is 6.63. The monoisotopic (exact) mass is 396 g/mol. The number of anilines is 3. The van der Waals surface area contributed by atoms with E-state index in [0.29, 0.717) is 22.8 Å². The molecule has 1 aromatic heterocycles. The molecule has 0 spiro atoms. The van der Waals surface area contributed by atoms with Crippen LogP contribution in [0, 0.1) is 5.92 Å². The van der Waals surface area contributed by atoms with Crippen LogP contribution in [0.25, 0.3) is 0 Å². The second kappa shape index (κ2) is 6.96. The van der Waals surface area contributed by atoms with Crippen LogP contribution >= 0.6 is 11.6 Å². The molecule has 1 saturated carbocycles. The van der Waals surface area contributed by atoms with Gasteiger partial charge in [-0.05, 0) is 74.9 Å². The normalized spacial score (nSPS) is 26.3. The molecule has 2 aliphatic heterocycles. The number of hydrogen-bond acceptors (Lipinski definition) is 4. The molecular formula is C22H25ClN4O. The second-order valence-electron chi connectivity index (χ2n) is 8.33. The van der Waals surface area contributed by atoms with Crippen molar-refractivity contribution in [2.45, 2.75) is 56.7 Å². The number of aromatic nitrogens is 1. The van der Waals surface area contributed by atoms with E-state index in [1.807, 2.05) is 36.4 Å². The van der Waals surface area contributed by atoms with Crippen molar-refractivity contribution in [2.24, 2.45) is 5.92 Å². The number of nitrogens with zero attached hydrogens (tertiary/aromatic N) is 3. The van der Waals surface area contributed by atoms with Crippen LogP contribution in [0.3, 0.4) is 0 Å². The van der Waals surface area contributed by atoms with E-state index in [2.05, 4.69) is 14.8 Å². The van der Waals surface area contributed by atoms with Gasteiger partial charge in [0.15, 0.2) is 0 Å². The summed E-state index contributed by atoms with van der Waals surface area (Å²) >= 11 is 6.09. The standard InChI is InChI=1S/C22H25ClN4O/c23-15-3-6-17(7-4-15)27(22(28)14-1-2-14)20-11-18-8-9-19(12-20)26(18)21-10-5-16(24)13-25-21/h3-7,10,13-14,18-20H,1-2,8-9,11-12,24H2. The minimum absolute atomic E-state index is 0.199. The fourth-order valence-electron chi connectivity index (χ4n) is 4.93. The Kier molecular flexibility index (Phi) is 4.43. The van der Waals surface area contributed by atoms with Crippen molar-refractivity contribution in [1.82, 2.24) is 4.98 Å². The van der Waals surface area contributed by atoms with E-state index >= 15 is 0 Å². The third-order valence-electron chi connectivity index (χ3n) is 6.38. The van der Waals surface area contributed by atoms with Crippen molar-refractivity contribution < 1.29 is 4.79 Å². The Balaban J connectivity index is 1.41. The summed E-state index contributed by atoms with van der Waals surface area (Å²) < 4.78 is 0. The van der Waals surface area contributed by atoms with Crippen LogP contribution in [-0.4, -0.2) is 29.0 Å². The van der Waals surface area contributed by atoms with Gasteiger partial charge in [0.2, 0.25) is 5.91 Å². The van der Waals surface area contributed by atoms with Gasteiger partial charge in [0.1, 0.15) is 5.82 Å². The molecule has 0 radical (unpaired) electrons. The molecule has 28 heavy (non-hydrogen) atoms. The Morgan fingerprint density at radius 2 is 1.71 bits per heavy atom. The highest BCUT2D eigenvalue weighted by molar-refractivity contribution is 6.30. The van der Waals surface area contributed by atoms with Gasteiger partial charge < -0.3 is 15.5 Å². The number of carbonyl (C=O) groups excluding carboxylic acids is 1. The fourth-order valence-corrected chi connectivity index (χ4v) is 5.06. The van der Waals surface area contributed by atoms with Crippen LogP contribution in [0.5, 0.6) is 0 Å². The lowest BCUT2D eigenvalue weighted by Gasteiger charge is -2.44. The molecule has 1 aliphatic carbocycles. The van der Waals surface area contributed by atoms with Crippen LogP contribution in [0.15, 0.2) is 42.6 Å². The summed E-state index contributed by atoms with van der Waals surface area (Å²) in [4.78, 5) is 22.3. The molecule has 1 aromatic carbocycles. The van der Waals surface area contributed by atoms with Crippen LogP contribution in [0.4, 0.5) is 17.2 Å². The molecule has 3 fully saturated rings. The maximum Gasteiger partial charge on any atom is 0.230 e. The minimum atomic E-state index is 0.199. The van der Waals surface area contributed by atoms with E-state index in [0.717, 1.165) is 50.0 Å². The number of benzene rings is 1. The van der Waals surface area contributed by atoms with Crippen LogP contribution < -0.4 is 15.5 Å². The second-order valence-corrected chi connectivity index (χ2v) is 8.76. The average Bonchev–Trinajstić information content (AvgIpc) is 3.50. The number of fused-ring (bicyclic) bond motifs is 2. The van der Waals surface area contributed by atoms with Crippen molar-refractivity contribution in [1.29, 1.82) is 0 Å². The summed E-state index contributed by atoms with van der Waals surface area (Å²) in [5.74, 6) is 1.49. The largest absolute Gasteiger partial charge is 0.397 e. The van der Waals surface area contributed by atoms with E-state index in [9.17, 15) is 4.79 Å². The van der Waals surface area contributed by atoms with Crippen molar-refractivity contribution in [3.63, 3.8) is 0 Å². The molecule has 3 aliphatic rings. The fraction of sp³-hybridized carbons (Fsp3) is 0.455. The molecular weight excluding hydrogens is 372 g/mol. The van der Waals surface area contributed by atoms with Crippen molar-refractivity contribution in [3.05, 3.63) is 47.6 Å². The Hall–Kier alpha value is -2.27. The number of nitrogen functional groups attached to an aromatic ring is 1. The molecule has 2 atom stereocenters. The SMILES string of the molecule is Nc1ccc(N2C3CCC2CC(N(C(=O)C2CC2)c2ccc(Cl)cc2)C3)nc1. The highest BCUT2D eigenvalue weighted by Crippen LogP contribution is 2.43. The van der Waals surface area contributed by atoms with Gasteiger partial charge in [0, 0.05) is 34.8 Å². The number of rotatable bonds is 4. The number of pyridine rings is 1. The Labute approximate surface area is 170 Å². The number of hydrogen-bond donors (Lipinski definition) is 1. The summed E-state index contributed by atoms with van der Waals surface area (Å²) in [5, 5.41) is 0.701. The smallest absolute Gasteiger partial charge is 0.230 e. The highest BCUT2D eigenvalue weighted by atomic mass is 35.5. The number of carbonyl (C=O) groups is 1. The molecule has 3 heterocycles. The van der Waals surface area contributed by atoms with E-state index in [1.54, 1.807) is 6.20 Å². The van der Waals surface area contributed by atoms with Gasteiger partial charge >= 0.3 is 0 Å². The lowest BCUT2D eigenvalue weighted by atomic mass is 9.94. The molecule has 5 nitrogen and oxygen atoms in total. The van der Waals surface area contributed by atoms with Crippen LogP contribution in [-0.2, 0) is 4.79 Å². The molecule has 2 saturated heterocycles. The topological polar surface area (TPSA) is 62.5 Å². The summed E-state index contributed by atoms with van der Waals surface area (Å²) in [5.41, 5.74) is 7.48. The van der Waals surface area contributed by atoms with E-state index < -0.39 is 0 Å². The zero-order valence-electron chi connectivity index (χ0n) is 15.8. The van der Waals surface area contributed by atoms with Gasteiger partial charge in [-0.1, -0.05) is 11.6 Å².